The van der Waals surface area contributed by atoms with Crippen molar-refractivity contribution in [2.75, 3.05) is 42.9 Å². The van der Waals surface area contributed by atoms with Crippen LogP contribution >= 0.6 is 0 Å². The molecule has 1 aliphatic rings. The fourth-order valence-electron chi connectivity index (χ4n) is 3.77. The molecule has 2 aromatic heterocycles. The minimum absolute atomic E-state index is 0.184. The van der Waals surface area contributed by atoms with Crippen LogP contribution in [0.25, 0.3) is 11.2 Å². The fourth-order valence-corrected chi connectivity index (χ4v) is 3.77. The molecule has 7 nitrogen and oxygen atoms in total. The lowest BCUT2D eigenvalue weighted by atomic mass is 10.2. The average Bonchev–Trinajstić information content (AvgIpc) is 3.13. The Morgan fingerprint density at radius 2 is 1.76 bits per heavy atom. The molecule has 4 rings (SSSR count). The van der Waals surface area contributed by atoms with Gasteiger partial charge in [-0.05, 0) is 51.1 Å². The molecule has 1 N–H and O–H groups in total. The Morgan fingerprint density at radius 1 is 1.00 bits per heavy atom. The van der Waals surface area contributed by atoms with Gasteiger partial charge in [0, 0.05) is 44.5 Å². The summed E-state index contributed by atoms with van der Waals surface area (Å²) >= 11 is 0. The number of nitrogens with zero attached hydrogens (tertiary/aromatic N) is 6. The van der Waals surface area contributed by atoms with E-state index >= 15 is 0 Å². The lowest BCUT2D eigenvalue weighted by Gasteiger charge is -2.36. The molecule has 0 unspecified atom stereocenters. The zero-order valence-corrected chi connectivity index (χ0v) is 17.1. The fraction of sp³-hybridized carbons (Fsp3) is 0.476. The van der Waals surface area contributed by atoms with Crippen LogP contribution in [0.4, 0.5) is 15.9 Å². The Kier molecular flexibility index (Phi) is 5.89. The molecule has 0 saturated carbocycles. The van der Waals surface area contributed by atoms with Gasteiger partial charge in [0.2, 0.25) is 0 Å². The summed E-state index contributed by atoms with van der Waals surface area (Å²) in [5.74, 6) is 0.609. The quantitative estimate of drug-likeness (QED) is 0.661. The highest BCUT2D eigenvalue weighted by Gasteiger charge is 2.17. The first-order valence-electron chi connectivity index (χ1n) is 10.3. The normalized spacial score (nSPS) is 15.4. The van der Waals surface area contributed by atoms with E-state index in [0.29, 0.717) is 6.04 Å². The summed E-state index contributed by atoms with van der Waals surface area (Å²) in [5.41, 5.74) is 2.81. The summed E-state index contributed by atoms with van der Waals surface area (Å²) in [6.07, 6.45) is 4.50. The molecule has 8 heteroatoms. The largest absolute Gasteiger partial charge is 0.369 e. The van der Waals surface area contributed by atoms with Crippen molar-refractivity contribution in [1.82, 2.24) is 24.4 Å². The molecule has 1 saturated heterocycles. The topological polar surface area (TPSA) is 62.1 Å². The molecule has 0 atom stereocenters. The van der Waals surface area contributed by atoms with Crippen LogP contribution in [0.3, 0.4) is 0 Å². The van der Waals surface area contributed by atoms with Gasteiger partial charge in [0.25, 0.3) is 0 Å². The standard InChI is InChI=1S/C21H28FN7/c1-16(2)26-20-19-21(24-14-23-20)29(15-25-19)9-3-8-27-10-12-28(13-11-27)18-6-4-17(22)5-7-18/h4-7,14-16H,3,8-13H2,1-2H3,(H,23,24,26). The second-order valence-electron chi connectivity index (χ2n) is 7.79. The van der Waals surface area contributed by atoms with Gasteiger partial charge in [0.1, 0.15) is 17.7 Å². The first-order chi connectivity index (χ1) is 14.1. The van der Waals surface area contributed by atoms with Gasteiger partial charge >= 0.3 is 0 Å². The summed E-state index contributed by atoms with van der Waals surface area (Å²) < 4.78 is 15.2. The Balaban J connectivity index is 1.28. The molecule has 0 spiro atoms. The molecule has 29 heavy (non-hydrogen) atoms. The lowest BCUT2D eigenvalue weighted by molar-refractivity contribution is 0.251. The van der Waals surface area contributed by atoms with Gasteiger partial charge in [-0.3, -0.25) is 4.90 Å². The monoisotopic (exact) mass is 397 g/mol. The Hall–Kier alpha value is -2.74. The van der Waals surface area contributed by atoms with E-state index in [1.165, 1.54) is 12.1 Å². The third-order valence-corrected chi connectivity index (χ3v) is 5.26. The molecule has 154 valence electrons. The second kappa shape index (κ2) is 8.73. The zero-order valence-electron chi connectivity index (χ0n) is 17.1. The SMILES string of the molecule is CC(C)Nc1ncnc2c1ncn2CCCN1CCN(c2ccc(F)cc2)CC1. The second-order valence-corrected chi connectivity index (χ2v) is 7.79. The van der Waals surface area contributed by atoms with Gasteiger partial charge < -0.3 is 14.8 Å². The maximum absolute atomic E-state index is 13.1. The molecule has 0 bridgehead atoms. The maximum atomic E-state index is 13.1. The van der Waals surface area contributed by atoms with Crippen LogP contribution in [-0.4, -0.2) is 63.2 Å². The van der Waals surface area contributed by atoms with E-state index in [1.807, 2.05) is 18.5 Å². The van der Waals surface area contributed by atoms with E-state index in [0.717, 1.165) is 68.4 Å². The van der Waals surface area contributed by atoms with Crippen molar-refractivity contribution in [2.24, 2.45) is 0 Å². The van der Waals surface area contributed by atoms with Gasteiger partial charge in [0.15, 0.2) is 11.5 Å². The van der Waals surface area contributed by atoms with Crippen LogP contribution in [0.2, 0.25) is 0 Å². The van der Waals surface area contributed by atoms with E-state index in [2.05, 4.69) is 48.5 Å². The van der Waals surface area contributed by atoms with Crippen molar-refractivity contribution >= 4 is 22.7 Å². The van der Waals surface area contributed by atoms with Crippen LogP contribution in [0, 0.1) is 5.82 Å². The first-order valence-corrected chi connectivity index (χ1v) is 10.3. The van der Waals surface area contributed by atoms with Crippen molar-refractivity contribution in [1.29, 1.82) is 0 Å². The molecule has 0 amide bonds. The van der Waals surface area contributed by atoms with Crippen molar-refractivity contribution in [3.63, 3.8) is 0 Å². The number of fused-ring (bicyclic) bond motifs is 1. The van der Waals surface area contributed by atoms with Crippen LogP contribution in [0.15, 0.2) is 36.9 Å². The molecule has 0 aliphatic carbocycles. The summed E-state index contributed by atoms with van der Waals surface area (Å²) in [5, 5.41) is 3.33. The Morgan fingerprint density at radius 3 is 2.48 bits per heavy atom. The smallest absolute Gasteiger partial charge is 0.165 e. The number of hydrogen-bond donors (Lipinski definition) is 1. The van der Waals surface area contributed by atoms with Gasteiger partial charge in [0.05, 0.1) is 6.33 Å². The number of piperazine rings is 1. The van der Waals surface area contributed by atoms with Crippen molar-refractivity contribution in [2.45, 2.75) is 32.9 Å². The minimum atomic E-state index is -0.184. The highest BCUT2D eigenvalue weighted by atomic mass is 19.1. The van der Waals surface area contributed by atoms with E-state index in [9.17, 15) is 4.39 Å². The van der Waals surface area contributed by atoms with E-state index < -0.39 is 0 Å². The number of aryl methyl sites for hydroxylation is 1. The van der Waals surface area contributed by atoms with Crippen LogP contribution in [0.5, 0.6) is 0 Å². The molecule has 3 aromatic rings. The van der Waals surface area contributed by atoms with E-state index in [4.69, 9.17) is 0 Å². The highest BCUT2D eigenvalue weighted by molar-refractivity contribution is 5.82. The number of halogens is 1. The minimum Gasteiger partial charge on any atom is -0.369 e. The van der Waals surface area contributed by atoms with Crippen molar-refractivity contribution < 1.29 is 4.39 Å². The predicted molar refractivity (Wildman–Crippen MR) is 114 cm³/mol. The number of hydrogen-bond acceptors (Lipinski definition) is 6. The molecular formula is C21H28FN7. The third-order valence-electron chi connectivity index (χ3n) is 5.26. The van der Waals surface area contributed by atoms with E-state index in [-0.39, 0.29) is 5.82 Å². The average molecular weight is 398 g/mol. The molecule has 1 aromatic carbocycles. The van der Waals surface area contributed by atoms with Crippen LogP contribution in [0.1, 0.15) is 20.3 Å². The van der Waals surface area contributed by atoms with Gasteiger partial charge in [-0.2, -0.15) is 0 Å². The summed E-state index contributed by atoms with van der Waals surface area (Å²) in [4.78, 5) is 18.1. The van der Waals surface area contributed by atoms with Crippen molar-refractivity contribution in [3.8, 4) is 0 Å². The molecule has 3 heterocycles. The lowest BCUT2D eigenvalue weighted by Crippen LogP contribution is -2.46. The van der Waals surface area contributed by atoms with Gasteiger partial charge in [-0.25, -0.2) is 19.3 Å². The Bertz CT molecular complexity index is 930. The summed E-state index contributed by atoms with van der Waals surface area (Å²) in [6.45, 7) is 10.1. The number of anilines is 2. The van der Waals surface area contributed by atoms with Gasteiger partial charge in [-0.1, -0.05) is 0 Å². The number of benzene rings is 1. The molecular weight excluding hydrogens is 369 g/mol. The number of rotatable bonds is 7. The van der Waals surface area contributed by atoms with Crippen molar-refractivity contribution in [3.05, 3.63) is 42.7 Å². The maximum Gasteiger partial charge on any atom is 0.165 e. The Labute approximate surface area is 170 Å². The van der Waals surface area contributed by atoms with E-state index in [1.54, 1.807) is 6.33 Å². The highest BCUT2D eigenvalue weighted by Crippen LogP contribution is 2.19. The zero-order chi connectivity index (χ0) is 20.2. The number of nitrogens with one attached hydrogen (secondary N) is 1. The molecule has 0 radical (unpaired) electrons. The summed E-state index contributed by atoms with van der Waals surface area (Å²) in [6, 6.07) is 7.08. The third kappa shape index (κ3) is 4.64. The predicted octanol–water partition coefficient (Wildman–Crippen LogP) is 3.00. The number of imidazole rings is 1. The summed E-state index contributed by atoms with van der Waals surface area (Å²) in [7, 11) is 0. The first kappa shape index (κ1) is 19.6. The molecule has 1 fully saturated rings. The molecule has 1 aliphatic heterocycles. The van der Waals surface area contributed by atoms with Crippen LogP contribution in [-0.2, 0) is 6.54 Å². The number of aromatic nitrogens is 4. The van der Waals surface area contributed by atoms with Gasteiger partial charge in [-0.15, -0.1) is 0 Å². The van der Waals surface area contributed by atoms with Crippen LogP contribution < -0.4 is 10.2 Å².